The Bertz CT molecular complexity index is 842. The summed E-state index contributed by atoms with van der Waals surface area (Å²) in [5, 5.41) is 12.7. The second-order valence-corrected chi connectivity index (χ2v) is 5.83. The van der Waals surface area contributed by atoms with Crippen LogP contribution in [0, 0.1) is 0 Å². The lowest BCUT2D eigenvalue weighted by Crippen LogP contribution is -2.25. The molecule has 2 N–H and O–H groups in total. The lowest BCUT2D eigenvalue weighted by atomic mass is 10.5. The maximum atomic E-state index is 12.3. The average molecular weight is 314 g/mol. The van der Waals surface area contributed by atoms with Gasteiger partial charge in [0.15, 0.2) is 16.0 Å². The Morgan fingerprint density at radius 2 is 2.25 bits per heavy atom. The number of pyridine rings is 1. The van der Waals surface area contributed by atoms with Crippen molar-refractivity contribution in [1.29, 1.82) is 0 Å². The van der Waals surface area contributed by atoms with Crippen LogP contribution in [0.2, 0.25) is 5.15 Å². The number of nitrogens with one attached hydrogen (secondary N) is 2. The van der Waals surface area contributed by atoms with Crippen molar-refractivity contribution in [1.82, 2.24) is 34.7 Å². The van der Waals surface area contributed by atoms with Crippen LogP contribution in [0.1, 0.15) is 5.82 Å². The number of halogens is 1. The van der Waals surface area contributed by atoms with Crippen LogP contribution < -0.4 is 4.72 Å². The van der Waals surface area contributed by atoms with Crippen molar-refractivity contribution in [3.63, 3.8) is 0 Å². The summed E-state index contributed by atoms with van der Waals surface area (Å²) in [4.78, 5) is 3.98. The minimum absolute atomic E-state index is 0.100. The van der Waals surface area contributed by atoms with Gasteiger partial charge < -0.3 is 0 Å². The van der Waals surface area contributed by atoms with Gasteiger partial charge in [0.2, 0.25) is 0 Å². The molecule has 20 heavy (non-hydrogen) atoms. The third-order valence-corrected chi connectivity index (χ3v) is 4.31. The molecule has 3 heterocycles. The first-order valence-corrected chi connectivity index (χ1v) is 7.28. The molecule has 0 aliphatic rings. The topological polar surface area (TPSA) is 118 Å². The van der Waals surface area contributed by atoms with Crippen molar-refractivity contribution in [2.75, 3.05) is 0 Å². The Kier molecular flexibility index (Phi) is 3.12. The molecule has 9 nitrogen and oxygen atoms in total. The Hall–Kier alpha value is -2.04. The number of tetrazole rings is 1. The molecule has 11 heteroatoms. The van der Waals surface area contributed by atoms with Crippen LogP contribution in [-0.2, 0) is 16.6 Å². The summed E-state index contributed by atoms with van der Waals surface area (Å²) in [7, 11) is -3.85. The maximum Gasteiger partial charge on any atom is 0.260 e. The number of sulfonamides is 1. The number of rotatable bonds is 4. The van der Waals surface area contributed by atoms with Crippen molar-refractivity contribution in [3.05, 3.63) is 35.4 Å². The number of nitrogens with zero attached hydrogens (tertiary/aromatic N) is 5. The molecule has 0 spiro atoms. The van der Waals surface area contributed by atoms with Gasteiger partial charge in [0, 0.05) is 6.20 Å². The Morgan fingerprint density at radius 3 is 3.00 bits per heavy atom. The van der Waals surface area contributed by atoms with E-state index in [2.05, 4.69) is 30.3 Å². The SMILES string of the molecule is O=S(=O)(NCc1nn[nH]n1)c1c(Cl)nc2ccccn12. The molecule has 3 aromatic rings. The van der Waals surface area contributed by atoms with Gasteiger partial charge in [0.1, 0.15) is 5.65 Å². The molecule has 0 fully saturated rings. The van der Waals surface area contributed by atoms with Gasteiger partial charge in [-0.15, -0.1) is 10.2 Å². The lowest BCUT2D eigenvalue weighted by Gasteiger charge is -2.04. The summed E-state index contributed by atoms with van der Waals surface area (Å²) < 4.78 is 28.3. The van der Waals surface area contributed by atoms with E-state index in [1.807, 2.05) is 0 Å². The highest BCUT2D eigenvalue weighted by atomic mass is 35.5. The number of hydrogen-bond donors (Lipinski definition) is 2. The summed E-state index contributed by atoms with van der Waals surface area (Å²) in [5.74, 6) is 0.221. The molecule has 104 valence electrons. The highest BCUT2D eigenvalue weighted by Gasteiger charge is 2.24. The average Bonchev–Trinajstić information content (AvgIpc) is 3.02. The van der Waals surface area contributed by atoms with Crippen LogP contribution in [0.15, 0.2) is 29.4 Å². The molecule has 0 atom stereocenters. The predicted molar refractivity (Wildman–Crippen MR) is 68.4 cm³/mol. The van der Waals surface area contributed by atoms with E-state index in [0.29, 0.717) is 5.65 Å². The van der Waals surface area contributed by atoms with Crippen molar-refractivity contribution in [2.45, 2.75) is 11.6 Å². The van der Waals surface area contributed by atoms with Crippen LogP contribution in [-0.4, -0.2) is 38.4 Å². The fourth-order valence-corrected chi connectivity index (χ4v) is 3.29. The van der Waals surface area contributed by atoms with Crippen molar-refractivity contribution in [2.24, 2.45) is 0 Å². The lowest BCUT2D eigenvalue weighted by molar-refractivity contribution is 0.574. The third-order valence-electron chi connectivity index (χ3n) is 2.51. The van der Waals surface area contributed by atoms with E-state index in [0.717, 1.165) is 0 Å². The largest absolute Gasteiger partial charge is 0.288 e. The van der Waals surface area contributed by atoms with E-state index < -0.39 is 10.0 Å². The van der Waals surface area contributed by atoms with Gasteiger partial charge in [-0.25, -0.2) is 18.1 Å². The van der Waals surface area contributed by atoms with Crippen molar-refractivity contribution >= 4 is 27.3 Å². The minimum Gasteiger partial charge on any atom is -0.288 e. The molecule has 0 aliphatic heterocycles. The molecule has 0 radical (unpaired) electrons. The molecule has 3 rings (SSSR count). The highest BCUT2D eigenvalue weighted by molar-refractivity contribution is 7.89. The van der Waals surface area contributed by atoms with Crippen LogP contribution in [0.25, 0.3) is 5.65 Å². The zero-order valence-electron chi connectivity index (χ0n) is 9.86. The Labute approximate surface area is 118 Å². The van der Waals surface area contributed by atoms with E-state index in [1.54, 1.807) is 24.4 Å². The number of hydrogen-bond acceptors (Lipinski definition) is 6. The molecular weight excluding hydrogens is 306 g/mol. The van der Waals surface area contributed by atoms with Gasteiger partial charge >= 0.3 is 0 Å². The van der Waals surface area contributed by atoms with Crippen LogP contribution in [0.3, 0.4) is 0 Å². The van der Waals surface area contributed by atoms with E-state index in [-0.39, 0.29) is 22.5 Å². The van der Waals surface area contributed by atoms with Gasteiger partial charge in [0.25, 0.3) is 10.0 Å². The predicted octanol–water partition coefficient (Wildman–Crippen LogP) is -0.0207. The molecule has 0 saturated carbocycles. The summed E-state index contributed by atoms with van der Waals surface area (Å²) >= 11 is 5.91. The highest BCUT2D eigenvalue weighted by Crippen LogP contribution is 2.22. The van der Waals surface area contributed by atoms with Gasteiger partial charge in [-0.3, -0.25) is 4.40 Å². The number of aromatic amines is 1. The molecule has 0 unspecified atom stereocenters. The van der Waals surface area contributed by atoms with Gasteiger partial charge in [-0.2, -0.15) is 5.21 Å². The standard InChI is InChI=1S/C9H8ClN7O2S/c10-8-9(17-4-2-1-3-7(17)12-8)20(18,19)11-5-6-13-15-16-14-6/h1-4,11H,5H2,(H,13,14,15,16). The smallest absolute Gasteiger partial charge is 0.260 e. The molecule has 0 bridgehead atoms. The number of H-pyrrole nitrogens is 1. The molecule has 0 aromatic carbocycles. The summed E-state index contributed by atoms with van der Waals surface area (Å²) in [6.45, 7) is -0.102. The zero-order chi connectivity index (χ0) is 14.2. The summed E-state index contributed by atoms with van der Waals surface area (Å²) in [6, 6.07) is 5.08. The van der Waals surface area contributed by atoms with Crippen molar-refractivity contribution in [3.8, 4) is 0 Å². The Balaban J connectivity index is 1.98. The second kappa shape index (κ2) is 4.81. The van der Waals surface area contributed by atoms with E-state index in [1.165, 1.54) is 4.40 Å². The molecule has 0 amide bonds. The zero-order valence-corrected chi connectivity index (χ0v) is 11.4. The van der Waals surface area contributed by atoms with E-state index >= 15 is 0 Å². The first-order chi connectivity index (χ1) is 9.58. The van der Waals surface area contributed by atoms with Crippen LogP contribution >= 0.6 is 11.6 Å². The fourth-order valence-electron chi connectivity index (χ4n) is 1.67. The molecular formula is C9H8ClN7O2S. The molecule has 0 saturated heterocycles. The van der Waals surface area contributed by atoms with Crippen LogP contribution in [0.5, 0.6) is 0 Å². The third kappa shape index (κ3) is 2.24. The number of imidazole rings is 1. The first-order valence-electron chi connectivity index (χ1n) is 5.42. The Morgan fingerprint density at radius 1 is 1.40 bits per heavy atom. The maximum absolute atomic E-state index is 12.3. The normalized spacial score (nSPS) is 12.1. The minimum atomic E-state index is -3.85. The van der Waals surface area contributed by atoms with Gasteiger partial charge in [0.05, 0.1) is 6.54 Å². The molecule has 0 aliphatic carbocycles. The summed E-state index contributed by atoms with van der Waals surface area (Å²) in [5.41, 5.74) is 0.442. The number of aromatic nitrogens is 6. The second-order valence-electron chi connectivity index (χ2n) is 3.79. The van der Waals surface area contributed by atoms with Crippen LogP contribution in [0.4, 0.5) is 0 Å². The number of fused-ring (bicyclic) bond motifs is 1. The van der Waals surface area contributed by atoms with Gasteiger partial charge in [-0.1, -0.05) is 22.9 Å². The summed E-state index contributed by atoms with van der Waals surface area (Å²) in [6.07, 6.45) is 1.57. The first kappa shape index (κ1) is 13.0. The quantitative estimate of drug-likeness (QED) is 0.699. The van der Waals surface area contributed by atoms with Crippen molar-refractivity contribution < 1.29 is 8.42 Å². The van der Waals surface area contributed by atoms with E-state index in [4.69, 9.17) is 11.6 Å². The van der Waals surface area contributed by atoms with Gasteiger partial charge in [-0.05, 0) is 12.1 Å². The fraction of sp³-hybridized carbons (Fsp3) is 0.111. The monoisotopic (exact) mass is 313 g/mol. The van der Waals surface area contributed by atoms with E-state index in [9.17, 15) is 8.42 Å². The molecule has 3 aromatic heterocycles.